The molecule has 0 heterocycles. The minimum Gasteiger partial charge on any atom is -0.478 e. The molecule has 0 aromatic heterocycles. The Bertz CT molecular complexity index is 363. The topological polar surface area (TPSA) is 49.3 Å². The van der Waals surface area contributed by atoms with Gasteiger partial charge in [-0.1, -0.05) is 15.9 Å². The highest BCUT2D eigenvalue weighted by molar-refractivity contribution is 9.10. The molecule has 2 N–H and O–H groups in total. The third-order valence-electron chi connectivity index (χ3n) is 1.98. The van der Waals surface area contributed by atoms with Crippen molar-refractivity contribution in [1.82, 2.24) is 0 Å². The van der Waals surface area contributed by atoms with Crippen molar-refractivity contribution in [2.45, 2.75) is 13.8 Å². The zero-order valence-corrected chi connectivity index (χ0v) is 9.68. The average molecular weight is 258 g/mol. The Labute approximate surface area is 91.3 Å². The highest BCUT2D eigenvalue weighted by atomic mass is 79.9. The molecule has 0 aliphatic heterocycles. The van der Waals surface area contributed by atoms with Gasteiger partial charge in [-0.3, -0.25) is 0 Å². The predicted molar refractivity (Wildman–Crippen MR) is 60.0 cm³/mol. The van der Waals surface area contributed by atoms with Gasteiger partial charge in [0.25, 0.3) is 0 Å². The molecule has 0 atom stereocenters. The Balaban J connectivity index is 3.29. The van der Waals surface area contributed by atoms with Crippen molar-refractivity contribution in [2.75, 3.05) is 11.9 Å². The third kappa shape index (κ3) is 2.07. The molecule has 4 heteroatoms. The molecule has 0 aliphatic rings. The summed E-state index contributed by atoms with van der Waals surface area (Å²) >= 11 is 3.37. The van der Waals surface area contributed by atoms with Crippen LogP contribution in [0.25, 0.3) is 0 Å². The molecule has 1 rings (SSSR count). The van der Waals surface area contributed by atoms with Crippen LogP contribution in [0.1, 0.15) is 22.8 Å². The first kappa shape index (κ1) is 11.0. The van der Waals surface area contributed by atoms with Crippen LogP contribution in [0, 0.1) is 6.92 Å². The molecule has 0 spiro atoms. The Morgan fingerprint density at radius 1 is 1.57 bits per heavy atom. The third-order valence-corrected chi connectivity index (χ3v) is 2.84. The predicted octanol–water partition coefficient (Wildman–Crippen LogP) is 2.89. The van der Waals surface area contributed by atoms with Crippen molar-refractivity contribution in [2.24, 2.45) is 0 Å². The van der Waals surface area contributed by atoms with Crippen LogP contribution in [0.15, 0.2) is 16.6 Å². The van der Waals surface area contributed by atoms with E-state index in [1.807, 2.05) is 13.8 Å². The number of benzene rings is 1. The first-order valence-corrected chi connectivity index (χ1v) is 5.13. The van der Waals surface area contributed by atoms with Gasteiger partial charge in [0, 0.05) is 11.0 Å². The summed E-state index contributed by atoms with van der Waals surface area (Å²) in [5, 5.41) is 12.0. The Morgan fingerprint density at radius 3 is 2.71 bits per heavy atom. The lowest BCUT2D eigenvalue weighted by Crippen LogP contribution is -2.07. The van der Waals surface area contributed by atoms with Crippen LogP contribution in [0.4, 0.5) is 5.69 Å². The second-order valence-electron chi connectivity index (χ2n) is 2.93. The summed E-state index contributed by atoms with van der Waals surface area (Å²) in [6.07, 6.45) is 0. The van der Waals surface area contributed by atoms with E-state index < -0.39 is 5.97 Å². The van der Waals surface area contributed by atoms with Gasteiger partial charge in [0.1, 0.15) is 0 Å². The number of aromatic carboxylic acids is 1. The molecular formula is C10H12BrNO2. The summed E-state index contributed by atoms with van der Waals surface area (Å²) in [6.45, 7) is 4.53. The van der Waals surface area contributed by atoms with Crippen LogP contribution in [0.2, 0.25) is 0 Å². The van der Waals surface area contributed by atoms with E-state index in [0.29, 0.717) is 17.8 Å². The highest BCUT2D eigenvalue weighted by Crippen LogP contribution is 2.27. The zero-order chi connectivity index (χ0) is 10.7. The molecule has 0 unspecified atom stereocenters. The Morgan fingerprint density at radius 2 is 2.21 bits per heavy atom. The molecule has 1 aromatic rings. The standard InChI is InChI=1S/C10H12BrNO2/c1-3-12-9-6(2)8(11)5-4-7(9)10(13)14/h4-5,12H,3H2,1-2H3,(H,13,14). The summed E-state index contributed by atoms with van der Waals surface area (Å²) in [5.74, 6) is -0.906. The number of carboxylic acids is 1. The summed E-state index contributed by atoms with van der Waals surface area (Å²) in [5.41, 5.74) is 1.92. The molecule has 0 saturated carbocycles. The maximum atomic E-state index is 10.9. The van der Waals surface area contributed by atoms with E-state index in [-0.39, 0.29) is 0 Å². The first-order valence-electron chi connectivity index (χ1n) is 4.34. The Kier molecular flexibility index (Phi) is 3.52. The Hall–Kier alpha value is -1.03. The van der Waals surface area contributed by atoms with Crippen molar-refractivity contribution in [3.63, 3.8) is 0 Å². The molecule has 1 aromatic carbocycles. The number of anilines is 1. The number of carbonyl (C=O) groups is 1. The molecule has 0 radical (unpaired) electrons. The molecular weight excluding hydrogens is 246 g/mol. The number of nitrogens with one attached hydrogen (secondary N) is 1. The quantitative estimate of drug-likeness (QED) is 0.876. The second-order valence-corrected chi connectivity index (χ2v) is 3.78. The van der Waals surface area contributed by atoms with E-state index in [1.165, 1.54) is 0 Å². The molecule has 14 heavy (non-hydrogen) atoms. The smallest absolute Gasteiger partial charge is 0.337 e. The number of hydrogen-bond acceptors (Lipinski definition) is 2. The largest absolute Gasteiger partial charge is 0.478 e. The van der Waals surface area contributed by atoms with Crippen LogP contribution < -0.4 is 5.32 Å². The van der Waals surface area contributed by atoms with Gasteiger partial charge in [-0.25, -0.2) is 4.79 Å². The first-order chi connectivity index (χ1) is 6.57. The average Bonchev–Trinajstić information content (AvgIpc) is 2.13. The lowest BCUT2D eigenvalue weighted by atomic mass is 10.1. The number of halogens is 1. The van der Waals surface area contributed by atoms with Gasteiger partial charge in [-0.15, -0.1) is 0 Å². The monoisotopic (exact) mass is 257 g/mol. The van der Waals surface area contributed by atoms with E-state index in [2.05, 4.69) is 21.2 Å². The highest BCUT2D eigenvalue weighted by Gasteiger charge is 2.13. The second kappa shape index (κ2) is 4.46. The van der Waals surface area contributed by atoms with Crippen molar-refractivity contribution in [3.05, 3.63) is 27.7 Å². The molecule has 0 bridgehead atoms. The fraction of sp³-hybridized carbons (Fsp3) is 0.300. The number of carboxylic acid groups (broad SMARTS) is 1. The van der Waals surface area contributed by atoms with Gasteiger partial charge in [0.2, 0.25) is 0 Å². The van der Waals surface area contributed by atoms with Crippen molar-refractivity contribution in [3.8, 4) is 0 Å². The van der Waals surface area contributed by atoms with Crippen LogP contribution in [-0.2, 0) is 0 Å². The van der Waals surface area contributed by atoms with Crippen molar-refractivity contribution >= 4 is 27.6 Å². The van der Waals surface area contributed by atoms with Gasteiger partial charge >= 0.3 is 5.97 Å². The minimum absolute atomic E-state index is 0.313. The van der Waals surface area contributed by atoms with E-state index >= 15 is 0 Å². The van der Waals surface area contributed by atoms with E-state index in [0.717, 1.165) is 10.0 Å². The van der Waals surface area contributed by atoms with Crippen LogP contribution in [0.5, 0.6) is 0 Å². The van der Waals surface area contributed by atoms with Gasteiger partial charge < -0.3 is 10.4 Å². The van der Waals surface area contributed by atoms with Gasteiger partial charge in [-0.05, 0) is 31.5 Å². The minimum atomic E-state index is -0.906. The van der Waals surface area contributed by atoms with E-state index in [4.69, 9.17) is 5.11 Å². The van der Waals surface area contributed by atoms with Gasteiger partial charge in [-0.2, -0.15) is 0 Å². The molecule has 0 saturated heterocycles. The molecule has 0 amide bonds. The van der Waals surface area contributed by atoms with Gasteiger partial charge in [0.15, 0.2) is 0 Å². The fourth-order valence-corrected chi connectivity index (χ4v) is 1.60. The SMILES string of the molecule is CCNc1c(C(=O)O)ccc(Br)c1C. The number of hydrogen-bond donors (Lipinski definition) is 2. The normalized spacial score (nSPS) is 9.93. The fourth-order valence-electron chi connectivity index (χ4n) is 1.27. The van der Waals surface area contributed by atoms with E-state index in [1.54, 1.807) is 12.1 Å². The van der Waals surface area contributed by atoms with Crippen molar-refractivity contribution in [1.29, 1.82) is 0 Å². The molecule has 76 valence electrons. The number of rotatable bonds is 3. The summed E-state index contributed by atoms with van der Waals surface area (Å²) in [4.78, 5) is 10.9. The maximum Gasteiger partial charge on any atom is 0.337 e. The lowest BCUT2D eigenvalue weighted by molar-refractivity contribution is 0.0698. The van der Waals surface area contributed by atoms with Gasteiger partial charge in [0.05, 0.1) is 11.3 Å². The molecule has 0 fully saturated rings. The van der Waals surface area contributed by atoms with Crippen LogP contribution >= 0.6 is 15.9 Å². The lowest BCUT2D eigenvalue weighted by Gasteiger charge is -2.12. The summed E-state index contributed by atoms with van der Waals surface area (Å²) < 4.78 is 0.915. The molecule has 3 nitrogen and oxygen atoms in total. The van der Waals surface area contributed by atoms with Crippen molar-refractivity contribution < 1.29 is 9.90 Å². The van der Waals surface area contributed by atoms with Crippen LogP contribution in [0.3, 0.4) is 0 Å². The molecule has 0 aliphatic carbocycles. The van der Waals surface area contributed by atoms with E-state index in [9.17, 15) is 4.79 Å². The summed E-state index contributed by atoms with van der Waals surface area (Å²) in [7, 11) is 0. The zero-order valence-electron chi connectivity index (χ0n) is 8.10. The maximum absolute atomic E-state index is 10.9. The van der Waals surface area contributed by atoms with Crippen LogP contribution in [-0.4, -0.2) is 17.6 Å². The summed E-state index contributed by atoms with van der Waals surface area (Å²) in [6, 6.07) is 3.34.